The van der Waals surface area contributed by atoms with E-state index in [1.807, 2.05) is 6.07 Å². The number of carbonyl (C=O) groups is 1. The second kappa shape index (κ2) is 7.82. The van der Waals surface area contributed by atoms with Crippen LogP contribution in [0.2, 0.25) is 0 Å². The summed E-state index contributed by atoms with van der Waals surface area (Å²) in [6.07, 6.45) is -1.12. The van der Waals surface area contributed by atoms with Crippen LogP contribution in [0.4, 0.5) is 18.9 Å². The van der Waals surface area contributed by atoms with Crippen LogP contribution >= 0.6 is 0 Å². The molecule has 1 saturated heterocycles. The van der Waals surface area contributed by atoms with Gasteiger partial charge in [0.05, 0.1) is 12.1 Å². The molecule has 0 aromatic heterocycles. The smallest absolute Gasteiger partial charge is 0.304 e. The first-order valence-electron chi connectivity index (χ1n) is 10.1. The molecule has 1 atom stereocenters. The van der Waals surface area contributed by atoms with Gasteiger partial charge >= 0.3 is 6.18 Å². The van der Waals surface area contributed by atoms with Crippen LogP contribution in [-0.2, 0) is 19.3 Å². The molecule has 0 spiro atoms. The minimum atomic E-state index is -4.49. The van der Waals surface area contributed by atoms with Crippen molar-refractivity contribution >= 4 is 11.6 Å². The topological polar surface area (TPSA) is 23.6 Å². The van der Waals surface area contributed by atoms with Crippen molar-refractivity contribution in [3.05, 3.63) is 64.7 Å². The Morgan fingerprint density at radius 3 is 2.59 bits per heavy atom. The summed E-state index contributed by atoms with van der Waals surface area (Å²) in [4.78, 5) is 16.6. The Labute approximate surface area is 169 Å². The lowest BCUT2D eigenvalue weighted by Crippen LogP contribution is -2.27. The monoisotopic (exact) mass is 402 g/mol. The number of halogens is 3. The average molecular weight is 402 g/mol. The van der Waals surface area contributed by atoms with Crippen molar-refractivity contribution in [1.29, 1.82) is 0 Å². The van der Waals surface area contributed by atoms with E-state index in [1.165, 1.54) is 11.0 Å². The predicted molar refractivity (Wildman–Crippen MR) is 107 cm³/mol. The third-order valence-electron chi connectivity index (χ3n) is 5.87. The van der Waals surface area contributed by atoms with E-state index in [9.17, 15) is 18.0 Å². The van der Waals surface area contributed by atoms with Crippen molar-refractivity contribution in [1.82, 2.24) is 4.90 Å². The van der Waals surface area contributed by atoms with E-state index in [0.29, 0.717) is 23.7 Å². The highest BCUT2D eigenvalue weighted by atomic mass is 19.4. The molecule has 0 bridgehead atoms. The highest BCUT2D eigenvalue weighted by molar-refractivity contribution is 6.10. The first-order chi connectivity index (χ1) is 13.8. The lowest BCUT2D eigenvalue weighted by Gasteiger charge is -2.23. The van der Waals surface area contributed by atoms with Gasteiger partial charge in [-0.15, -0.1) is 0 Å². The van der Waals surface area contributed by atoms with Crippen molar-refractivity contribution in [2.45, 2.75) is 45.5 Å². The second-order valence-electron chi connectivity index (χ2n) is 8.23. The van der Waals surface area contributed by atoms with Gasteiger partial charge in [-0.3, -0.25) is 9.69 Å². The molecule has 0 saturated carbocycles. The van der Waals surface area contributed by atoms with Gasteiger partial charge < -0.3 is 4.90 Å². The first-order valence-corrected chi connectivity index (χ1v) is 10.1. The number of rotatable bonds is 3. The summed E-state index contributed by atoms with van der Waals surface area (Å²) in [7, 11) is 0. The maximum Gasteiger partial charge on any atom is 0.416 e. The van der Waals surface area contributed by atoms with E-state index < -0.39 is 11.7 Å². The normalized spacial score (nSPS) is 20.6. The molecule has 154 valence electrons. The maximum absolute atomic E-state index is 13.8. The van der Waals surface area contributed by atoms with Crippen LogP contribution in [0.15, 0.2) is 42.5 Å². The Kier molecular flexibility index (Phi) is 5.38. The minimum absolute atomic E-state index is 0.0476. The molecule has 0 N–H and O–H groups in total. The molecule has 4 rings (SSSR count). The van der Waals surface area contributed by atoms with Gasteiger partial charge in [0.2, 0.25) is 0 Å². The predicted octanol–water partition coefficient (Wildman–Crippen LogP) is 5.49. The van der Waals surface area contributed by atoms with Crippen molar-refractivity contribution in [2.24, 2.45) is 5.92 Å². The van der Waals surface area contributed by atoms with E-state index in [-0.39, 0.29) is 23.6 Å². The van der Waals surface area contributed by atoms with E-state index in [1.54, 1.807) is 30.3 Å². The van der Waals surface area contributed by atoms with E-state index in [4.69, 9.17) is 0 Å². The van der Waals surface area contributed by atoms with Gasteiger partial charge in [0.15, 0.2) is 0 Å². The van der Waals surface area contributed by atoms with Crippen LogP contribution in [0.3, 0.4) is 0 Å². The Hall–Kier alpha value is -2.34. The van der Waals surface area contributed by atoms with Crippen molar-refractivity contribution in [3.8, 4) is 0 Å². The van der Waals surface area contributed by atoms with Crippen LogP contribution in [0.25, 0.3) is 0 Å². The quantitative estimate of drug-likeness (QED) is 0.678. The van der Waals surface area contributed by atoms with Crippen LogP contribution in [0.5, 0.6) is 0 Å². The summed E-state index contributed by atoms with van der Waals surface area (Å²) in [5, 5.41) is 0. The summed E-state index contributed by atoms with van der Waals surface area (Å²) in [6, 6.07) is 11.8. The number of anilines is 1. The Balaban J connectivity index is 1.69. The number of amides is 1. The molecule has 2 aliphatic heterocycles. The number of alkyl halides is 3. The third-order valence-corrected chi connectivity index (χ3v) is 5.87. The van der Waals surface area contributed by atoms with Crippen molar-refractivity contribution < 1.29 is 18.0 Å². The number of fused-ring (bicyclic) bond motifs is 1. The molecule has 2 aromatic carbocycles. The number of hydrogen-bond donors (Lipinski definition) is 0. The van der Waals surface area contributed by atoms with Crippen LogP contribution in [0, 0.1) is 5.92 Å². The number of hydrogen-bond acceptors (Lipinski definition) is 2. The highest BCUT2D eigenvalue weighted by Crippen LogP contribution is 2.39. The summed E-state index contributed by atoms with van der Waals surface area (Å²) < 4.78 is 41.5. The van der Waals surface area contributed by atoms with E-state index in [2.05, 4.69) is 11.8 Å². The van der Waals surface area contributed by atoms with Gasteiger partial charge in [0, 0.05) is 24.3 Å². The van der Waals surface area contributed by atoms with E-state index >= 15 is 0 Å². The van der Waals surface area contributed by atoms with Gasteiger partial charge in [-0.05, 0) is 60.7 Å². The van der Waals surface area contributed by atoms with E-state index in [0.717, 1.165) is 32.4 Å². The lowest BCUT2D eigenvalue weighted by atomic mass is 9.98. The average Bonchev–Trinajstić information content (AvgIpc) is 2.86. The zero-order chi connectivity index (χ0) is 20.6. The molecule has 1 fully saturated rings. The zero-order valence-corrected chi connectivity index (χ0v) is 16.5. The Morgan fingerprint density at radius 2 is 1.86 bits per heavy atom. The highest BCUT2D eigenvalue weighted by Gasteiger charge is 2.40. The van der Waals surface area contributed by atoms with Gasteiger partial charge in [0.25, 0.3) is 5.91 Å². The van der Waals surface area contributed by atoms with Gasteiger partial charge in [-0.2, -0.15) is 13.2 Å². The second-order valence-corrected chi connectivity index (χ2v) is 8.23. The molecule has 2 aromatic rings. The molecule has 29 heavy (non-hydrogen) atoms. The molecular formula is C23H25F3N2O. The lowest BCUT2D eigenvalue weighted by molar-refractivity contribution is -0.138. The number of carbonyl (C=O) groups excluding carboxylic acids is 1. The fourth-order valence-corrected chi connectivity index (χ4v) is 4.48. The molecule has 1 amide bonds. The first kappa shape index (κ1) is 20.0. The Bertz CT molecular complexity index is 895. The Morgan fingerprint density at radius 1 is 1.10 bits per heavy atom. The van der Waals surface area contributed by atoms with Gasteiger partial charge in [-0.1, -0.05) is 31.5 Å². The molecule has 3 nitrogen and oxygen atoms in total. The van der Waals surface area contributed by atoms with Crippen LogP contribution in [0.1, 0.15) is 53.2 Å². The number of nitrogens with zero attached hydrogens (tertiary/aromatic N) is 2. The SMILES string of the molecule is CC1CCCCN(Cc2cc3c(c(C(F)(F)F)c2)CN(c2ccccc2)C3=O)C1. The third kappa shape index (κ3) is 4.17. The number of likely N-dealkylation sites (tertiary alicyclic amines) is 1. The van der Waals surface area contributed by atoms with Gasteiger partial charge in [-0.25, -0.2) is 0 Å². The summed E-state index contributed by atoms with van der Waals surface area (Å²) in [5.41, 5.74) is 0.763. The van der Waals surface area contributed by atoms with Gasteiger partial charge in [0.1, 0.15) is 0 Å². The number of para-hydroxylation sites is 1. The van der Waals surface area contributed by atoms with Crippen LogP contribution < -0.4 is 4.90 Å². The van der Waals surface area contributed by atoms with Crippen molar-refractivity contribution in [3.63, 3.8) is 0 Å². The fraction of sp³-hybridized carbons (Fsp3) is 0.435. The maximum atomic E-state index is 13.8. The summed E-state index contributed by atoms with van der Waals surface area (Å²) >= 11 is 0. The fourth-order valence-electron chi connectivity index (χ4n) is 4.48. The van der Waals surface area contributed by atoms with Crippen LogP contribution in [-0.4, -0.2) is 23.9 Å². The minimum Gasteiger partial charge on any atom is -0.304 e. The zero-order valence-electron chi connectivity index (χ0n) is 16.5. The standard InChI is InChI=1S/C23H25F3N2O/c1-16-7-5-6-10-27(13-16)14-17-11-19-20(21(12-17)23(24,25)26)15-28(22(19)29)18-8-3-2-4-9-18/h2-4,8-9,11-12,16H,5-7,10,13-15H2,1H3. The molecule has 0 radical (unpaired) electrons. The molecule has 2 heterocycles. The number of benzene rings is 2. The summed E-state index contributed by atoms with van der Waals surface area (Å²) in [6.45, 7) is 4.34. The molecule has 1 unspecified atom stereocenters. The largest absolute Gasteiger partial charge is 0.416 e. The summed E-state index contributed by atoms with van der Waals surface area (Å²) in [5.74, 6) is 0.173. The van der Waals surface area contributed by atoms with Crippen molar-refractivity contribution in [2.75, 3.05) is 18.0 Å². The molecule has 6 heteroatoms. The molecular weight excluding hydrogens is 377 g/mol. The molecule has 0 aliphatic carbocycles. The molecule has 2 aliphatic rings.